The van der Waals surface area contributed by atoms with Crippen LogP contribution in [-0.2, 0) is 5.41 Å². The van der Waals surface area contributed by atoms with Gasteiger partial charge in [-0.3, -0.25) is 9.55 Å². The zero-order valence-electron chi connectivity index (χ0n) is 44.4. The second kappa shape index (κ2) is 13.6. The second-order valence-corrected chi connectivity index (χ2v) is 14.5. The van der Waals surface area contributed by atoms with Crippen LogP contribution in [0, 0.1) is 27.6 Å². The molecule has 0 aliphatic heterocycles. The number of fused-ring (bicyclic) bond motifs is 1. The molecule has 2 aromatic heterocycles. The molecule has 0 bridgehead atoms. The Kier molecular flexibility index (Phi) is 5.57. The van der Waals surface area contributed by atoms with Crippen molar-refractivity contribution in [3.05, 3.63) is 167 Å². The largest absolute Gasteiger partial charge is 0.507 e. The summed E-state index contributed by atoms with van der Waals surface area (Å²) in [5.74, 6) is 0.154. The number of nitrogens with zero attached hydrogens (tertiary/aromatic N) is 3. The van der Waals surface area contributed by atoms with Gasteiger partial charge in [-0.05, 0) is 137 Å². The third-order valence-electron chi connectivity index (χ3n) is 9.56. The van der Waals surface area contributed by atoms with E-state index in [2.05, 4.69) is 4.98 Å². The average molecular weight is 718 g/mol. The van der Waals surface area contributed by atoms with Gasteiger partial charge in [0, 0.05) is 31.2 Å². The SMILES string of the molecule is [2H]c1nc(-c2cc(-c3cccc4c3nc(-c3cc(C)cc(C)c3O)n4-c3cc(-c4ccccc4)c(C([2H])([2H])[2H])c(C([2H])([2H])[2H])c3)cc(C(C)(C)C)c2)c([2H])c(-c2c([2H])c([2H])c([2H])c([2H])c2[2H])c1[2H]. The monoisotopic (exact) mass is 717 g/mol. The Morgan fingerprint density at radius 1 is 0.685 bits per heavy atom. The number of phenols is 1. The molecule has 0 aliphatic carbocycles. The lowest BCUT2D eigenvalue weighted by Gasteiger charge is -2.22. The van der Waals surface area contributed by atoms with Crippen LogP contribution < -0.4 is 0 Å². The molecule has 54 heavy (non-hydrogen) atoms. The van der Waals surface area contributed by atoms with Gasteiger partial charge in [0.15, 0.2) is 0 Å². The van der Waals surface area contributed by atoms with E-state index in [0.29, 0.717) is 44.4 Å². The summed E-state index contributed by atoms with van der Waals surface area (Å²) >= 11 is 0. The van der Waals surface area contributed by atoms with Gasteiger partial charge >= 0.3 is 0 Å². The van der Waals surface area contributed by atoms with Crippen LogP contribution in [0.3, 0.4) is 0 Å². The standard InChI is InChI=1S/C50H45N3O/c1-31-23-33(3)48(54)44(24-31)49-52-47-42(19-14-20-46(47)53(49)41-25-32(2)34(4)43(30-41)36-17-12-9-13-18-36)38-26-39(28-40(27-38)50(5,6)7)45-29-37(21-22-51-45)35-15-10-8-11-16-35/h8-30,54H,1-7H3/i2D3,4D3,8D,10D,11D,15D,16D,21D,22D,29D. The normalized spacial score (nSPS) is 15.9. The van der Waals surface area contributed by atoms with E-state index in [4.69, 9.17) is 22.8 Å². The molecule has 0 amide bonds. The molecule has 8 aromatic rings. The summed E-state index contributed by atoms with van der Waals surface area (Å²) in [6.45, 7) is 3.87. The van der Waals surface area contributed by atoms with Crippen LogP contribution in [0.1, 0.15) is 67.8 Å². The van der Waals surface area contributed by atoms with Gasteiger partial charge in [-0.15, -0.1) is 0 Å². The number of aryl methyl sites for hydroxylation is 3. The summed E-state index contributed by atoms with van der Waals surface area (Å²) < 4.78 is 122. The predicted octanol–water partition coefficient (Wildman–Crippen LogP) is 13.0. The van der Waals surface area contributed by atoms with Crippen molar-refractivity contribution in [3.63, 3.8) is 0 Å². The van der Waals surface area contributed by atoms with Crippen molar-refractivity contribution in [2.75, 3.05) is 0 Å². The van der Waals surface area contributed by atoms with Crippen molar-refractivity contribution in [1.29, 1.82) is 0 Å². The van der Waals surface area contributed by atoms with E-state index in [1.165, 1.54) is 6.07 Å². The molecule has 2 heterocycles. The first-order chi connectivity index (χ1) is 31.7. The van der Waals surface area contributed by atoms with Crippen molar-refractivity contribution in [3.8, 4) is 67.5 Å². The summed E-state index contributed by atoms with van der Waals surface area (Å²) in [4.78, 5) is 9.61. The van der Waals surface area contributed by atoms with Gasteiger partial charge in [0.1, 0.15) is 11.6 Å². The Hall–Kier alpha value is -6.26. The minimum absolute atomic E-state index is 0.0707. The highest BCUT2D eigenvalue weighted by atomic mass is 16.3. The molecule has 266 valence electrons. The minimum atomic E-state index is -2.87. The number of aromatic nitrogens is 3. The molecule has 0 saturated carbocycles. The van der Waals surface area contributed by atoms with E-state index in [0.717, 1.165) is 11.1 Å². The van der Waals surface area contributed by atoms with Gasteiger partial charge in [-0.2, -0.15) is 0 Å². The summed E-state index contributed by atoms with van der Waals surface area (Å²) in [5.41, 5.74) is 3.66. The summed E-state index contributed by atoms with van der Waals surface area (Å²) in [6, 6.07) is 21.9. The third-order valence-corrected chi connectivity index (χ3v) is 9.56. The van der Waals surface area contributed by atoms with Crippen molar-refractivity contribution in [1.82, 2.24) is 14.5 Å². The van der Waals surface area contributed by atoms with Gasteiger partial charge in [-0.25, -0.2) is 4.98 Å². The van der Waals surface area contributed by atoms with Crippen molar-refractivity contribution in [2.24, 2.45) is 0 Å². The Balaban J connectivity index is 1.47. The van der Waals surface area contributed by atoms with Crippen molar-refractivity contribution < 1.29 is 24.3 Å². The smallest absolute Gasteiger partial charge is 0.149 e. The van der Waals surface area contributed by atoms with Crippen LogP contribution in [0.15, 0.2) is 139 Å². The predicted molar refractivity (Wildman–Crippen MR) is 225 cm³/mol. The number of imidazole rings is 1. The van der Waals surface area contributed by atoms with Crippen LogP contribution in [0.2, 0.25) is 0 Å². The lowest BCUT2D eigenvalue weighted by Crippen LogP contribution is -2.11. The maximum absolute atomic E-state index is 11.7. The van der Waals surface area contributed by atoms with Gasteiger partial charge in [-0.1, -0.05) is 106 Å². The summed E-state index contributed by atoms with van der Waals surface area (Å²) in [5, 5.41) is 11.7. The molecule has 4 nitrogen and oxygen atoms in total. The molecule has 0 saturated heterocycles. The number of benzene rings is 6. The Bertz CT molecular complexity index is 3340. The van der Waals surface area contributed by atoms with Crippen LogP contribution in [0.5, 0.6) is 5.75 Å². The van der Waals surface area contributed by atoms with E-state index < -0.39 is 73.2 Å². The van der Waals surface area contributed by atoms with E-state index in [9.17, 15) is 6.48 Å². The quantitative estimate of drug-likeness (QED) is 0.186. The molecule has 0 atom stereocenters. The van der Waals surface area contributed by atoms with Crippen LogP contribution in [0.25, 0.3) is 72.7 Å². The van der Waals surface area contributed by atoms with Crippen LogP contribution in [0.4, 0.5) is 0 Å². The molecule has 0 aliphatic rings. The van der Waals surface area contributed by atoms with Gasteiger partial charge in [0.2, 0.25) is 0 Å². The number of pyridine rings is 1. The minimum Gasteiger partial charge on any atom is -0.507 e. The fourth-order valence-electron chi connectivity index (χ4n) is 6.81. The Labute approximate surface area is 338 Å². The van der Waals surface area contributed by atoms with E-state index in [-0.39, 0.29) is 45.2 Å². The third kappa shape index (κ3) is 6.39. The highest BCUT2D eigenvalue weighted by molar-refractivity contribution is 5.97. The van der Waals surface area contributed by atoms with E-state index in [1.807, 2.05) is 45.9 Å². The zero-order valence-corrected chi connectivity index (χ0v) is 30.4. The average Bonchev–Trinajstić information content (AvgIpc) is 3.67. The maximum Gasteiger partial charge on any atom is 0.149 e. The molecule has 0 unspecified atom stereocenters. The molecule has 0 fully saturated rings. The number of para-hydroxylation sites is 1. The summed E-state index contributed by atoms with van der Waals surface area (Å²) in [7, 11) is 0. The van der Waals surface area contributed by atoms with Crippen molar-refractivity contribution in [2.45, 2.75) is 53.7 Å². The molecule has 6 aromatic carbocycles. The first-order valence-electron chi connectivity index (χ1n) is 24.5. The molecule has 0 spiro atoms. The second-order valence-electron chi connectivity index (χ2n) is 14.5. The molecule has 1 N–H and O–H groups in total. The first-order valence-corrected chi connectivity index (χ1v) is 17.5. The van der Waals surface area contributed by atoms with Crippen LogP contribution in [-0.4, -0.2) is 19.6 Å². The van der Waals surface area contributed by atoms with E-state index in [1.54, 1.807) is 78.2 Å². The number of hydrogen-bond acceptors (Lipinski definition) is 3. The maximum atomic E-state index is 11.7. The van der Waals surface area contributed by atoms with Gasteiger partial charge in [0.05, 0.1) is 33.3 Å². The van der Waals surface area contributed by atoms with E-state index >= 15 is 0 Å². The first kappa shape index (κ1) is 22.1. The molecule has 4 heteroatoms. The van der Waals surface area contributed by atoms with Crippen LogP contribution >= 0.6 is 0 Å². The fraction of sp³-hybridized carbons (Fsp3) is 0.160. The highest BCUT2D eigenvalue weighted by Crippen LogP contribution is 2.42. The zero-order chi connectivity index (χ0) is 49.7. The molecule has 0 radical (unpaired) electrons. The molecular weight excluding hydrogens is 659 g/mol. The number of aromatic hydroxyl groups is 1. The van der Waals surface area contributed by atoms with Gasteiger partial charge in [0.25, 0.3) is 0 Å². The number of phenolic OH excluding ortho intramolecular Hbond substituents is 1. The molecular formula is C50H45N3O. The highest BCUT2D eigenvalue weighted by Gasteiger charge is 2.24. The Morgan fingerprint density at radius 3 is 2.24 bits per heavy atom. The summed E-state index contributed by atoms with van der Waals surface area (Å²) in [6.07, 6.45) is -0.574. The van der Waals surface area contributed by atoms with Gasteiger partial charge < -0.3 is 5.11 Å². The number of hydrogen-bond donors (Lipinski definition) is 1. The van der Waals surface area contributed by atoms with Crippen molar-refractivity contribution >= 4 is 11.0 Å². The number of rotatable bonds is 6. The molecule has 8 rings (SSSR count). The topological polar surface area (TPSA) is 50.9 Å². The lowest BCUT2D eigenvalue weighted by molar-refractivity contribution is 0.472. The fourth-order valence-corrected chi connectivity index (χ4v) is 6.81. The Morgan fingerprint density at radius 2 is 1.48 bits per heavy atom. The lowest BCUT2D eigenvalue weighted by atomic mass is 9.83.